The van der Waals surface area contributed by atoms with Crippen molar-refractivity contribution in [3.8, 4) is 0 Å². The monoisotopic (exact) mass is 226 g/mol. The molecule has 16 heavy (non-hydrogen) atoms. The number of nitrogens with one attached hydrogen (secondary N) is 1. The van der Waals surface area contributed by atoms with E-state index in [1.54, 1.807) is 0 Å². The second-order valence-corrected chi connectivity index (χ2v) is 5.11. The van der Waals surface area contributed by atoms with Crippen molar-refractivity contribution < 1.29 is 4.74 Å². The molecule has 0 aromatic heterocycles. The molecule has 0 bridgehead atoms. The molecule has 0 amide bonds. The molecule has 1 heterocycles. The van der Waals surface area contributed by atoms with Crippen molar-refractivity contribution in [3.05, 3.63) is 0 Å². The number of piperidine rings is 1. The molecule has 1 saturated carbocycles. The van der Waals surface area contributed by atoms with Gasteiger partial charge in [-0.3, -0.25) is 4.90 Å². The molecule has 3 atom stereocenters. The maximum atomic E-state index is 5.78. The summed E-state index contributed by atoms with van der Waals surface area (Å²) in [5.74, 6) is 0. The molecule has 0 spiro atoms. The van der Waals surface area contributed by atoms with E-state index in [9.17, 15) is 0 Å². The Morgan fingerprint density at radius 2 is 2.12 bits per heavy atom. The Morgan fingerprint density at radius 3 is 2.88 bits per heavy atom. The van der Waals surface area contributed by atoms with Crippen molar-refractivity contribution in [3.63, 3.8) is 0 Å². The minimum atomic E-state index is 0.483. The molecular formula is C13H26N2O. The largest absolute Gasteiger partial charge is 0.377 e. The highest BCUT2D eigenvalue weighted by Crippen LogP contribution is 2.27. The van der Waals surface area contributed by atoms with E-state index in [4.69, 9.17) is 4.74 Å². The van der Waals surface area contributed by atoms with Crippen LogP contribution in [0.5, 0.6) is 0 Å². The van der Waals surface area contributed by atoms with Crippen LogP contribution < -0.4 is 5.32 Å². The molecule has 2 fully saturated rings. The fourth-order valence-electron chi connectivity index (χ4n) is 3.35. The number of hydrogen-bond donors (Lipinski definition) is 1. The van der Waals surface area contributed by atoms with Crippen molar-refractivity contribution in [1.29, 1.82) is 0 Å². The average Bonchev–Trinajstić information content (AvgIpc) is 2.78. The molecule has 1 N–H and O–H groups in total. The van der Waals surface area contributed by atoms with Crippen molar-refractivity contribution >= 4 is 0 Å². The van der Waals surface area contributed by atoms with E-state index in [0.717, 1.165) is 19.2 Å². The van der Waals surface area contributed by atoms with E-state index in [0.29, 0.717) is 12.1 Å². The van der Waals surface area contributed by atoms with Gasteiger partial charge in [0.05, 0.1) is 6.10 Å². The highest BCUT2D eigenvalue weighted by atomic mass is 16.5. The summed E-state index contributed by atoms with van der Waals surface area (Å²) in [6, 6.07) is 1.47. The highest BCUT2D eigenvalue weighted by molar-refractivity contribution is 4.91. The molecule has 0 radical (unpaired) electrons. The van der Waals surface area contributed by atoms with Gasteiger partial charge in [-0.2, -0.15) is 0 Å². The van der Waals surface area contributed by atoms with Crippen molar-refractivity contribution in [2.45, 2.75) is 57.2 Å². The third kappa shape index (κ3) is 2.76. The van der Waals surface area contributed by atoms with Crippen molar-refractivity contribution in [1.82, 2.24) is 10.2 Å². The van der Waals surface area contributed by atoms with Gasteiger partial charge >= 0.3 is 0 Å². The zero-order chi connectivity index (χ0) is 11.4. The first-order valence-corrected chi connectivity index (χ1v) is 6.88. The van der Waals surface area contributed by atoms with Crippen LogP contribution in [0.25, 0.3) is 0 Å². The molecule has 0 aromatic rings. The molecular weight excluding hydrogens is 200 g/mol. The molecule has 2 aliphatic rings. The van der Waals surface area contributed by atoms with Crippen molar-refractivity contribution in [2.24, 2.45) is 0 Å². The fourth-order valence-corrected chi connectivity index (χ4v) is 3.35. The normalized spacial score (nSPS) is 36.8. The minimum Gasteiger partial charge on any atom is -0.377 e. The van der Waals surface area contributed by atoms with Crippen molar-refractivity contribution in [2.75, 3.05) is 26.7 Å². The molecule has 2 rings (SSSR count). The smallest absolute Gasteiger partial charge is 0.0702 e. The Kier molecular flexibility index (Phi) is 4.62. The number of ether oxygens (including phenoxy) is 1. The number of likely N-dealkylation sites (tertiary alicyclic amines) is 1. The minimum absolute atomic E-state index is 0.483. The first-order chi connectivity index (χ1) is 7.85. The van der Waals surface area contributed by atoms with Gasteiger partial charge in [0.15, 0.2) is 0 Å². The van der Waals surface area contributed by atoms with Gasteiger partial charge in [-0.1, -0.05) is 6.42 Å². The van der Waals surface area contributed by atoms with E-state index in [-0.39, 0.29) is 0 Å². The summed E-state index contributed by atoms with van der Waals surface area (Å²) >= 11 is 0. The zero-order valence-electron chi connectivity index (χ0n) is 10.7. The van der Waals surface area contributed by atoms with Gasteiger partial charge in [0.1, 0.15) is 0 Å². The Balaban J connectivity index is 1.88. The quantitative estimate of drug-likeness (QED) is 0.788. The molecule has 0 aromatic carbocycles. The predicted octanol–water partition coefficient (Wildman–Crippen LogP) is 1.63. The summed E-state index contributed by atoms with van der Waals surface area (Å²) < 4.78 is 5.78. The summed E-state index contributed by atoms with van der Waals surface area (Å²) in [6.07, 6.45) is 7.13. The fraction of sp³-hybridized carbons (Fsp3) is 1.00. The lowest BCUT2D eigenvalue weighted by atomic mass is 10.0. The zero-order valence-corrected chi connectivity index (χ0v) is 10.7. The summed E-state index contributed by atoms with van der Waals surface area (Å²) in [5, 5.41) is 3.48. The van der Waals surface area contributed by atoms with Crippen LogP contribution in [0.3, 0.4) is 0 Å². The highest BCUT2D eigenvalue weighted by Gasteiger charge is 2.33. The second-order valence-electron chi connectivity index (χ2n) is 5.11. The van der Waals surface area contributed by atoms with Gasteiger partial charge in [0.2, 0.25) is 0 Å². The Bertz CT molecular complexity index is 208. The standard InChI is InChI=1S/C13H26N2O/c1-3-16-11-6-5-9-15(10-11)13-8-4-7-12(13)14-2/h11-14H,3-10H2,1-2H3. The Morgan fingerprint density at radius 1 is 1.25 bits per heavy atom. The van der Waals surface area contributed by atoms with E-state index in [1.807, 2.05) is 0 Å². The number of likely N-dealkylation sites (N-methyl/N-ethyl adjacent to an activating group) is 1. The first-order valence-electron chi connectivity index (χ1n) is 6.88. The molecule has 3 heteroatoms. The topological polar surface area (TPSA) is 24.5 Å². The maximum absolute atomic E-state index is 5.78. The SMILES string of the molecule is CCOC1CCCN(C2CCCC2NC)C1. The number of hydrogen-bond acceptors (Lipinski definition) is 3. The van der Waals surface area contributed by atoms with Crippen LogP contribution >= 0.6 is 0 Å². The van der Waals surface area contributed by atoms with Crippen LogP contribution in [0, 0.1) is 0 Å². The lowest BCUT2D eigenvalue weighted by Gasteiger charge is -2.38. The predicted molar refractivity (Wildman–Crippen MR) is 66.7 cm³/mol. The van der Waals surface area contributed by atoms with Crippen LogP contribution in [0.15, 0.2) is 0 Å². The Labute approximate surface area is 99.5 Å². The van der Waals surface area contributed by atoms with Gasteiger partial charge < -0.3 is 10.1 Å². The molecule has 3 nitrogen and oxygen atoms in total. The van der Waals surface area contributed by atoms with E-state index >= 15 is 0 Å². The second kappa shape index (κ2) is 5.99. The van der Waals surface area contributed by atoms with E-state index < -0.39 is 0 Å². The number of nitrogens with zero attached hydrogens (tertiary/aromatic N) is 1. The maximum Gasteiger partial charge on any atom is 0.0702 e. The lowest BCUT2D eigenvalue weighted by Crippen LogP contribution is -2.51. The average molecular weight is 226 g/mol. The molecule has 3 unspecified atom stereocenters. The van der Waals surface area contributed by atoms with Gasteiger partial charge in [-0.25, -0.2) is 0 Å². The van der Waals surface area contributed by atoms with Crippen LogP contribution in [0.4, 0.5) is 0 Å². The summed E-state index contributed by atoms with van der Waals surface area (Å²) in [7, 11) is 2.10. The third-order valence-corrected chi connectivity index (χ3v) is 4.13. The lowest BCUT2D eigenvalue weighted by molar-refractivity contribution is -0.00955. The summed E-state index contributed by atoms with van der Waals surface area (Å²) in [6.45, 7) is 5.38. The molecule has 1 aliphatic heterocycles. The van der Waals surface area contributed by atoms with Gasteiger partial charge in [-0.15, -0.1) is 0 Å². The van der Waals surface area contributed by atoms with Crippen LogP contribution in [0.1, 0.15) is 39.0 Å². The summed E-state index contributed by atoms with van der Waals surface area (Å²) in [4.78, 5) is 2.66. The van der Waals surface area contributed by atoms with E-state index in [1.165, 1.54) is 38.6 Å². The third-order valence-electron chi connectivity index (χ3n) is 4.13. The van der Waals surface area contributed by atoms with Gasteiger partial charge in [-0.05, 0) is 46.2 Å². The Hall–Kier alpha value is -0.120. The van der Waals surface area contributed by atoms with Gasteiger partial charge in [0, 0.05) is 25.2 Å². The molecule has 1 saturated heterocycles. The first kappa shape index (κ1) is 12.3. The van der Waals surface area contributed by atoms with Crippen LogP contribution in [-0.4, -0.2) is 49.8 Å². The molecule has 94 valence electrons. The van der Waals surface area contributed by atoms with Crippen LogP contribution in [0.2, 0.25) is 0 Å². The number of rotatable bonds is 4. The molecule has 1 aliphatic carbocycles. The summed E-state index contributed by atoms with van der Waals surface area (Å²) in [5.41, 5.74) is 0. The van der Waals surface area contributed by atoms with Crippen LogP contribution in [-0.2, 0) is 4.74 Å². The van der Waals surface area contributed by atoms with E-state index in [2.05, 4.69) is 24.2 Å². The van der Waals surface area contributed by atoms with Gasteiger partial charge in [0.25, 0.3) is 0 Å².